The highest BCUT2D eigenvalue weighted by Gasteiger charge is 2.23. The number of carbonyl (C=O) groups excluding carboxylic acids is 2. The topological polar surface area (TPSA) is 82.4 Å². The molecular formula is C26H33N3O4. The molecule has 0 spiro atoms. The minimum absolute atomic E-state index is 0.0762. The second-order valence-electron chi connectivity index (χ2n) is 9.08. The van der Waals surface area contributed by atoms with Crippen LogP contribution in [0, 0.1) is 0 Å². The number of nitrogens with zero attached hydrogens (tertiary/aromatic N) is 2. The second-order valence-corrected chi connectivity index (χ2v) is 9.08. The van der Waals surface area contributed by atoms with E-state index in [0.29, 0.717) is 43.4 Å². The van der Waals surface area contributed by atoms with Gasteiger partial charge in [0, 0.05) is 31.0 Å². The molecule has 176 valence electrons. The molecule has 0 unspecified atom stereocenters. The molecule has 1 aromatic carbocycles. The lowest BCUT2D eigenvalue weighted by atomic mass is 9.92. The second kappa shape index (κ2) is 10.4. The number of amides is 1. The number of methoxy groups -OCH3 is 1. The number of ketones is 1. The molecule has 1 saturated carbocycles. The molecule has 0 atom stereocenters. The average molecular weight is 452 g/mol. The molecule has 0 bridgehead atoms. The standard InChI is InChI=1S/C26H33N3O4/c1-17-10-18(2)22(25(30)11-17)14-27-26(31)21-12-19(16-33-9-8-32-3)13-24-23(21)15-28-29(24)20-6-4-5-7-20/h10,12-13,15,20H,4-9,11,14,16H2,1-3H3,(H,27,31). The van der Waals surface area contributed by atoms with Crippen LogP contribution in [0.25, 0.3) is 10.9 Å². The Labute approximate surface area is 194 Å². The molecule has 2 aromatic rings. The summed E-state index contributed by atoms with van der Waals surface area (Å²) in [7, 11) is 1.64. The van der Waals surface area contributed by atoms with E-state index < -0.39 is 0 Å². The van der Waals surface area contributed by atoms with Crippen molar-refractivity contribution >= 4 is 22.6 Å². The molecular weight excluding hydrogens is 418 g/mol. The van der Waals surface area contributed by atoms with Crippen molar-refractivity contribution in [3.63, 3.8) is 0 Å². The predicted molar refractivity (Wildman–Crippen MR) is 127 cm³/mol. The fourth-order valence-electron chi connectivity index (χ4n) is 4.84. The van der Waals surface area contributed by atoms with Crippen LogP contribution in [0.1, 0.15) is 67.9 Å². The monoisotopic (exact) mass is 451 g/mol. The van der Waals surface area contributed by atoms with Crippen molar-refractivity contribution in [1.82, 2.24) is 15.1 Å². The number of aromatic nitrogens is 2. The van der Waals surface area contributed by atoms with E-state index in [1.165, 1.54) is 12.8 Å². The van der Waals surface area contributed by atoms with Crippen LogP contribution in [0.4, 0.5) is 0 Å². The summed E-state index contributed by atoms with van der Waals surface area (Å²) in [5.74, 6) is -0.128. The zero-order valence-corrected chi connectivity index (χ0v) is 19.8. The molecule has 33 heavy (non-hydrogen) atoms. The lowest BCUT2D eigenvalue weighted by Crippen LogP contribution is -2.29. The van der Waals surface area contributed by atoms with Crippen molar-refractivity contribution in [2.45, 2.75) is 58.6 Å². The minimum atomic E-state index is -0.205. The average Bonchev–Trinajstić information content (AvgIpc) is 3.45. The van der Waals surface area contributed by atoms with Crippen molar-refractivity contribution in [2.75, 3.05) is 26.9 Å². The van der Waals surface area contributed by atoms with Gasteiger partial charge in [-0.05, 0) is 50.0 Å². The van der Waals surface area contributed by atoms with E-state index in [9.17, 15) is 9.59 Å². The highest BCUT2D eigenvalue weighted by Crippen LogP contribution is 2.33. The normalized spacial score (nSPS) is 17.2. The summed E-state index contributed by atoms with van der Waals surface area (Å²) in [5.41, 5.74) is 5.09. The molecule has 0 radical (unpaired) electrons. The maximum absolute atomic E-state index is 13.3. The Morgan fingerprint density at radius 1 is 1.21 bits per heavy atom. The SMILES string of the molecule is COCCOCc1cc(C(=O)NCC2=C(C)C=C(C)CC2=O)c2cnn(C3CCCC3)c2c1. The third-order valence-corrected chi connectivity index (χ3v) is 6.53. The van der Waals surface area contributed by atoms with Crippen LogP contribution in [0.2, 0.25) is 0 Å². The van der Waals surface area contributed by atoms with Crippen molar-refractivity contribution in [3.8, 4) is 0 Å². The van der Waals surface area contributed by atoms with Gasteiger partial charge < -0.3 is 14.8 Å². The Morgan fingerprint density at radius 3 is 2.73 bits per heavy atom. The minimum Gasteiger partial charge on any atom is -0.382 e. The summed E-state index contributed by atoms with van der Waals surface area (Å²) in [6.07, 6.45) is 8.84. The number of Topliss-reactive ketones (excluding diaryl/α,β-unsaturated/α-hetero) is 1. The fourth-order valence-corrected chi connectivity index (χ4v) is 4.84. The molecule has 1 fully saturated rings. The Balaban J connectivity index is 1.61. The lowest BCUT2D eigenvalue weighted by Gasteiger charge is -2.17. The predicted octanol–water partition coefficient (Wildman–Crippen LogP) is 4.28. The molecule has 7 nitrogen and oxygen atoms in total. The van der Waals surface area contributed by atoms with Gasteiger partial charge in [0.2, 0.25) is 0 Å². The van der Waals surface area contributed by atoms with Crippen LogP contribution >= 0.6 is 0 Å². The quantitative estimate of drug-likeness (QED) is 0.576. The van der Waals surface area contributed by atoms with Crippen molar-refractivity contribution in [1.29, 1.82) is 0 Å². The van der Waals surface area contributed by atoms with E-state index in [4.69, 9.17) is 9.47 Å². The van der Waals surface area contributed by atoms with E-state index in [1.54, 1.807) is 13.3 Å². The van der Waals surface area contributed by atoms with Crippen molar-refractivity contribution in [2.24, 2.45) is 0 Å². The van der Waals surface area contributed by atoms with E-state index in [1.807, 2.05) is 26.0 Å². The first-order valence-electron chi connectivity index (χ1n) is 11.7. The Bertz CT molecular complexity index is 1110. The lowest BCUT2D eigenvalue weighted by molar-refractivity contribution is -0.115. The fraction of sp³-hybridized carbons (Fsp3) is 0.500. The number of carbonyl (C=O) groups is 2. The molecule has 2 aliphatic rings. The molecule has 0 aliphatic heterocycles. The number of nitrogens with one attached hydrogen (secondary N) is 1. The number of hydrogen-bond acceptors (Lipinski definition) is 5. The van der Waals surface area contributed by atoms with Crippen molar-refractivity contribution < 1.29 is 19.1 Å². The third-order valence-electron chi connectivity index (χ3n) is 6.53. The number of hydrogen-bond donors (Lipinski definition) is 1. The first kappa shape index (κ1) is 23.4. The van der Waals surface area contributed by atoms with Crippen LogP contribution in [0.5, 0.6) is 0 Å². The highest BCUT2D eigenvalue weighted by molar-refractivity contribution is 6.07. The summed E-state index contributed by atoms with van der Waals surface area (Å²) in [6.45, 7) is 5.49. The van der Waals surface area contributed by atoms with Gasteiger partial charge in [-0.25, -0.2) is 0 Å². The number of fused-ring (bicyclic) bond motifs is 1. The summed E-state index contributed by atoms with van der Waals surface area (Å²) in [6, 6.07) is 4.32. The highest BCUT2D eigenvalue weighted by atomic mass is 16.5. The van der Waals surface area contributed by atoms with Gasteiger partial charge in [-0.3, -0.25) is 14.3 Å². The molecule has 2 aliphatic carbocycles. The van der Waals surface area contributed by atoms with Crippen LogP contribution < -0.4 is 5.32 Å². The summed E-state index contributed by atoms with van der Waals surface area (Å²) in [5, 5.41) is 8.46. The smallest absolute Gasteiger partial charge is 0.252 e. The number of benzene rings is 1. The van der Waals surface area contributed by atoms with Gasteiger partial charge in [0.15, 0.2) is 5.78 Å². The van der Waals surface area contributed by atoms with Gasteiger partial charge in [0.1, 0.15) is 0 Å². The van der Waals surface area contributed by atoms with Crippen LogP contribution in [-0.4, -0.2) is 48.3 Å². The Morgan fingerprint density at radius 2 is 2.00 bits per heavy atom. The molecule has 7 heteroatoms. The van der Waals surface area contributed by atoms with Crippen LogP contribution in [0.15, 0.2) is 41.1 Å². The maximum Gasteiger partial charge on any atom is 0.252 e. The van der Waals surface area contributed by atoms with Crippen molar-refractivity contribution in [3.05, 3.63) is 52.3 Å². The van der Waals surface area contributed by atoms with Gasteiger partial charge in [0.05, 0.1) is 43.1 Å². The van der Waals surface area contributed by atoms with Crippen LogP contribution in [-0.2, 0) is 20.9 Å². The van der Waals surface area contributed by atoms with Gasteiger partial charge in [0.25, 0.3) is 5.91 Å². The maximum atomic E-state index is 13.3. The molecule has 4 rings (SSSR count). The van der Waals surface area contributed by atoms with Gasteiger partial charge in [-0.1, -0.05) is 24.5 Å². The number of allylic oxidation sites excluding steroid dienone is 3. The van der Waals surface area contributed by atoms with E-state index in [-0.39, 0.29) is 18.2 Å². The Hall–Kier alpha value is -2.77. The first-order chi connectivity index (χ1) is 16.0. The summed E-state index contributed by atoms with van der Waals surface area (Å²) < 4.78 is 12.9. The zero-order chi connectivity index (χ0) is 23.4. The first-order valence-corrected chi connectivity index (χ1v) is 11.7. The van der Waals surface area contributed by atoms with E-state index in [0.717, 1.165) is 40.5 Å². The number of ether oxygens (including phenoxy) is 2. The van der Waals surface area contributed by atoms with Crippen LogP contribution in [0.3, 0.4) is 0 Å². The van der Waals surface area contributed by atoms with Gasteiger partial charge in [-0.15, -0.1) is 0 Å². The third kappa shape index (κ3) is 5.25. The molecule has 1 amide bonds. The molecule has 1 aromatic heterocycles. The number of rotatable bonds is 9. The van der Waals surface area contributed by atoms with E-state index >= 15 is 0 Å². The van der Waals surface area contributed by atoms with Gasteiger partial charge in [-0.2, -0.15) is 5.10 Å². The zero-order valence-electron chi connectivity index (χ0n) is 19.8. The largest absolute Gasteiger partial charge is 0.382 e. The molecule has 1 heterocycles. The van der Waals surface area contributed by atoms with Gasteiger partial charge >= 0.3 is 0 Å². The Kier molecular flexibility index (Phi) is 7.40. The van der Waals surface area contributed by atoms with E-state index in [2.05, 4.69) is 21.2 Å². The molecule has 1 N–H and O–H groups in total. The summed E-state index contributed by atoms with van der Waals surface area (Å²) >= 11 is 0. The summed E-state index contributed by atoms with van der Waals surface area (Å²) in [4.78, 5) is 25.7. The molecule has 0 saturated heterocycles.